The molecule has 1 unspecified atom stereocenters. The largest absolute Gasteiger partial charge is 0.507 e. The van der Waals surface area contributed by atoms with Crippen molar-refractivity contribution in [3.8, 4) is 5.75 Å². The van der Waals surface area contributed by atoms with E-state index in [4.69, 9.17) is 0 Å². The van der Waals surface area contributed by atoms with Crippen LogP contribution in [0.2, 0.25) is 19.6 Å². The summed E-state index contributed by atoms with van der Waals surface area (Å²) < 4.78 is 0. The fraction of sp³-hybridized carbons (Fsp3) is 0.278. The maximum Gasteiger partial charge on any atom is 0.122 e. The summed E-state index contributed by atoms with van der Waals surface area (Å²) in [7, 11) is 0.689. The van der Waals surface area contributed by atoms with Crippen LogP contribution >= 0.6 is 8.58 Å². The van der Waals surface area contributed by atoms with Crippen molar-refractivity contribution in [2.75, 3.05) is 7.05 Å². The van der Waals surface area contributed by atoms with Gasteiger partial charge in [0.2, 0.25) is 0 Å². The molecule has 0 bridgehead atoms. The van der Waals surface area contributed by atoms with Crippen LogP contribution in [0.15, 0.2) is 41.4 Å². The first kappa shape index (κ1) is 16.9. The molecule has 116 valence electrons. The van der Waals surface area contributed by atoms with Crippen molar-refractivity contribution >= 4 is 38.7 Å². The SMILES string of the molecule is CN=Cc1cccc(C)c1Pc1cccc([Si](C)(C)C)c1O. The van der Waals surface area contributed by atoms with E-state index in [2.05, 4.69) is 61.9 Å². The third kappa shape index (κ3) is 3.66. The van der Waals surface area contributed by atoms with Crippen molar-refractivity contribution in [1.29, 1.82) is 0 Å². The van der Waals surface area contributed by atoms with Crippen LogP contribution in [0.1, 0.15) is 11.1 Å². The van der Waals surface area contributed by atoms with Gasteiger partial charge in [-0.2, -0.15) is 0 Å². The van der Waals surface area contributed by atoms with Crippen molar-refractivity contribution in [2.24, 2.45) is 4.99 Å². The van der Waals surface area contributed by atoms with Crippen molar-refractivity contribution in [3.63, 3.8) is 0 Å². The van der Waals surface area contributed by atoms with Gasteiger partial charge in [-0.1, -0.05) is 64.6 Å². The molecule has 2 aromatic carbocycles. The van der Waals surface area contributed by atoms with E-state index in [0.29, 0.717) is 14.3 Å². The van der Waals surface area contributed by atoms with Crippen LogP contribution in [0.25, 0.3) is 0 Å². The van der Waals surface area contributed by atoms with Crippen molar-refractivity contribution in [3.05, 3.63) is 47.5 Å². The lowest BCUT2D eigenvalue weighted by Crippen LogP contribution is -2.39. The molecule has 0 radical (unpaired) electrons. The zero-order valence-electron chi connectivity index (χ0n) is 13.9. The maximum atomic E-state index is 10.7. The van der Waals surface area contributed by atoms with Crippen LogP contribution in [0, 0.1) is 6.92 Å². The molecule has 0 aliphatic heterocycles. The molecule has 0 saturated heterocycles. The fourth-order valence-corrected chi connectivity index (χ4v) is 5.33. The normalized spacial score (nSPS) is 12.6. The highest BCUT2D eigenvalue weighted by Gasteiger charge is 2.22. The Kier molecular flexibility index (Phi) is 5.20. The molecule has 2 nitrogen and oxygen atoms in total. The van der Waals surface area contributed by atoms with Gasteiger partial charge in [0, 0.05) is 24.1 Å². The van der Waals surface area contributed by atoms with Gasteiger partial charge in [0.05, 0.1) is 8.07 Å². The summed E-state index contributed by atoms with van der Waals surface area (Å²) in [5.41, 5.74) is 2.38. The van der Waals surface area contributed by atoms with E-state index in [1.54, 1.807) is 7.05 Å². The molecule has 2 rings (SSSR count). The van der Waals surface area contributed by atoms with Gasteiger partial charge in [0.25, 0.3) is 0 Å². The smallest absolute Gasteiger partial charge is 0.122 e. The molecule has 0 aromatic heterocycles. The fourth-order valence-electron chi connectivity index (χ4n) is 2.49. The van der Waals surface area contributed by atoms with Gasteiger partial charge >= 0.3 is 0 Å². The van der Waals surface area contributed by atoms with Gasteiger partial charge in [0.1, 0.15) is 5.75 Å². The number of aromatic hydroxyl groups is 1. The van der Waals surface area contributed by atoms with E-state index in [-0.39, 0.29) is 0 Å². The van der Waals surface area contributed by atoms with Gasteiger partial charge in [-0.25, -0.2) is 0 Å². The molecule has 1 N–H and O–H groups in total. The van der Waals surface area contributed by atoms with Crippen LogP contribution in [0.5, 0.6) is 5.75 Å². The van der Waals surface area contributed by atoms with Gasteiger partial charge < -0.3 is 5.11 Å². The number of hydrogen-bond donors (Lipinski definition) is 1. The number of hydrogen-bond acceptors (Lipinski definition) is 2. The van der Waals surface area contributed by atoms with Gasteiger partial charge in [0.15, 0.2) is 0 Å². The highest BCUT2D eigenvalue weighted by molar-refractivity contribution is 7.56. The molecular formula is C18H24NOPSi. The molecule has 4 heteroatoms. The lowest BCUT2D eigenvalue weighted by molar-refractivity contribution is 0.483. The Morgan fingerprint density at radius 2 is 1.77 bits per heavy atom. The Bertz CT molecular complexity index is 705. The van der Waals surface area contributed by atoms with E-state index in [0.717, 1.165) is 16.1 Å². The van der Waals surface area contributed by atoms with E-state index >= 15 is 0 Å². The molecule has 0 aliphatic carbocycles. The average molecular weight is 329 g/mol. The first-order valence-electron chi connectivity index (χ1n) is 7.46. The molecule has 0 saturated carbocycles. The topological polar surface area (TPSA) is 32.6 Å². The second-order valence-corrected chi connectivity index (χ2v) is 12.8. The van der Waals surface area contributed by atoms with Gasteiger partial charge in [-0.3, -0.25) is 4.99 Å². The Hall–Kier alpha value is -1.44. The molecule has 22 heavy (non-hydrogen) atoms. The first-order chi connectivity index (χ1) is 10.3. The quantitative estimate of drug-likeness (QED) is 0.522. The minimum Gasteiger partial charge on any atom is -0.507 e. The standard InChI is InChI=1S/C18H24NOPSi/c1-13-8-6-9-14(12-19-2)18(13)21-15-10-7-11-16(17(15)20)22(3,4)5/h6-12,20-21H,1-5H3. The van der Waals surface area contributed by atoms with Gasteiger partial charge in [-0.15, -0.1) is 0 Å². The molecule has 0 spiro atoms. The number of aliphatic imine (C=N–C) groups is 1. The molecule has 0 heterocycles. The lowest BCUT2D eigenvalue weighted by atomic mass is 10.1. The summed E-state index contributed by atoms with van der Waals surface area (Å²) in [6.45, 7) is 8.91. The summed E-state index contributed by atoms with van der Waals surface area (Å²) in [6, 6.07) is 12.4. The molecule has 0 aliphatic rings. The highest BCUT2D eigenvalue weighted by atomic mass is 31.1. The van der Waals surface area contributed by atoms with Crippen molar-refractivity contribution in [2.45, 2.75) is 26.6 Å². The third-order valence-corrected chi connectivity index (χ3v) is 7.30. The van der Waals surface area contributed by atoms with Crippen molar-refractivity contribution < 1.29 is 5.11 Å². The second kappa shape index (κ2) is 6.76. The predicted octanol–water partition coefficient (Wildman–Crippen LogP) is 2.92. The van der Waals surface area contributed by atoms with Crippen LogP contribution in [0.4, 0.5) is 0 Å². The van der Waals surface area contributed by atoms with Crippen LogP contribution in [-0.2, 0) is 0 Å². The first-order valence-corrected chi connectivity index (χ1v) is 12.0. The Balaban J connectivity index is 2.49. The van der Waals surface area contributed by atoms with Crippen LogP contribution in [-0.4, -0.2) is 26.4 Å². The third-order valence-electron chi connectivity index (χ3n) is 3.68. The number of rotatable bonds is 4. The second-order valence-electron chi connectivity index (χ2n) is 6.50. The molecule has 0 fully saturated rings. The molecular weight excluding hydrogens is 305 g/mol. The summed E-state index contributed by atoms with van der Waals surface area (Å²) in [6.07, 6.45) is 1.90. The average Bonchev–Trinajstić information content (AvgIpc) is 2.43. The highest BCUT2D eigenvalue weighted by Crippen LogP contribution is 2.22. The number of para-hydroxylation sites is 1. The number of phenolic OH excluding ortho intramolecular Hbond substituents is 1. The minimum atomic E-state index is -1.54. The Morgan fingerprint density at radius 3 is 2.41 bits per heavy atom. The predicted molar refractivity (Wildman–Crippen MR) is 103 cm³/mol. The van der Waals surface area contributed by atoms with Crippen LogP contribution < -0.4 is 15.8 Å². The molecule has 0 amide bonds. The van der Waals surface area contributed by atoms with E-state index < -0.39 is 8.07 Å². The number of phenols is 1. The van der Waals surface area contributed by atoms with E-state index in [1.807, 2.05) is 12.3 Å². The lowest BCUT2D eigenvalue weighted by Gasteiger charge is -2.20. The Morgan fingerprint density at radius 1 is 1.09 bits per heavy atom. The number of nitrogens with zero attached hydrogens (tertiary/aromatic N) is 1. The summed E-state index contributed by atoms with van der Waals surface area (Å²) in [5.74, 6) is 0.489. The monoisotopic (exact) mass is 329 g/mol. The molecule has 2 aromatic rings. The van der Waals surface area contributed by atoms with Gasteiger partial charge in [-0.05, 0) is 23.0 Å². The molecule has 1 atom stereocenters. The summed E-state index contributed by atoms with van der Waals surface area (Å²) in [5, 5.41) is 14.1. The number of aryl methyl sites for hydroxylation is 1. The number of benzene rings is 2. The minimum absolute atomic E-state index is 0.440. The summed E-state index contributed by atoms with van der Waals surface area (Å²) >= 11 is 0. The Labute approximate surface area is 136 Å². The van der Waals surface area contributed by atoms with E-state index in [1.165, 1.54) is 10.9 Å². The van der Waals surface area contributed by atoms with Crippen molar-refractivity contribution in [1.82, 2.24) is 0 Å². The zero-order valence-corrected chi connectivity index (χ0v) is 15.9. The van der Waals surface area contributed by atoms with Crippen LogP contribution in [0.3, 0.4) is 0 Å². The maximum absolute atomic E-state index is 10.7. The van der Waals surface area contributed by atoms with E-state index in [9.17, 15) is 5.11 Å². The zero-order chi connectivity index (χ0) is 16.3. The summed E-state index contributed by atoms with van der Waals surface area (Å²) in [4.78, 5) is 4.15.